The van der Waals surface area contributed by atoms with Crippen molar-refractivity contribution in [3.8, 4) is 0 Å². The zero-order chi connectivity index (χ0) is 14.8. The minimum atomic E-state index is -3.96. The third-order valence-corrected chi connectivity index (χ3v) is 4.15. The zero-order valence-electron chi connectivity index (χ0n) is 10.4. The molecule has 20 heavy (non-hydrogen) atoms. The third-order valence-electron chi connectivity index (χ3n) is 2.50. The number of hydrogen-bond acceptors (Lipinski definition) is 5. The van der Waals surface area contributed by atoms with Gasteiger partial charge in [0.2, 0.25) is 0 Å². The van der Waals surface area contributed by atoms with Crippen LogP contribution in [-0.4, -0.2) is 19.9 Å². The molecular formula is C13H10BrNO4S. The second-order valence-electron chi connectivity index (χ2n) is 4.02. The van der Waals surface area contributed by atoms with Crippen molar-refractivity contribution in [3.05, 3.63) is 52.5 Å². The van der Waals surface area contributed by atoms with Crippen LogP contribution in [0.1, 0.15) is 6.92 Å². The van der Waals surface area contributed by atoms with Crippen LogP contribution < -0.4 is 0 Å². The van der Waals surface area contributed by atoms with Crippen LogP contribution in [0.2, 0.25) is 0 Å². The highest BCUT2D eigenvalue weighted by Crippen LogP contribution is 2.17. The van der Waals surface area contributed by atoms with Crippen molar-refractivity contribution in [1.29, 1.82) is 0 Å². The van der Waals surface area contributed by atoms with Gasteiger partial charge in [-0.05, 0) is 55.0 Å². The predicted molar refractivity (Wildman–Crippen MR) is 77.8 cm³/mol. The van der Waals surface area contributed by atoms with E-state index < -0.39 is 10.1 Å². The normalized spacial score (nSPS) is 17.2. The van der Waals surface area contributed by atoms with Gasteiger partial charge in [-0.15, -0.1) is 0 Å². The monoisotopic (exact) mass is 355 g/mol. The molecule has 0 amide bonds. The highest BCUT2D eigenvalue weighted by atomic mass is 79.9. The fourth-order valence-corrected chi connectivity index (χ4v) is 2.43. The highest BCUT2D eigenvalue weighted by molar-refractivity contribution is 9.10. The van der Waals surface area contributed by atoms with Gasteiger partial charge >= 0.3 is 10.1 Å². The van der Waals surface area contributed by atoms with Crippen molar-refractivity contribution in [3.63, 3.8) is 0 Å². The molecule has 0 heterocycles. The molecule has 1 aromatic carbocycles. The highest BCUT2D eigenvalue weighted by Gasteiger charge is 2.16. The number of rotatable bonds is 3. The Hall–Kier alpha value is -1.73. The van der Waals surface area contributed by atoms with E-state index in [1.54, 1.807) is 19.1 Å². The van der Waals surface area contributed by atoms with E-state index in [1.165, 1.54) is 30.4 Å². The standard InChI is InChI=1S/C13H10BrNO4S/c1-9-8-11(4-7-13(9)16)15-19-20(17,18)12-5-2-10(14)3-6-12/h2-8H,1H3/b15-11+. The van der Waals surface area contributed by atoms with E-state index >= 15 is 0 Å². The molecule has 104 valence electrons. The third kappa shape index (κ3) is 3.43. The van der Waals surface area contributed by atoms with Crippen LogP contribution in [0, 0.1) is 0 Å². The first-order valence-corrected chi connectivity index (χ1v) is 7.76. The summed E-state index contributed by atoms with van der Waals surface area (Å²) in [5.41, 5.74) is 0.735. The lowest BCUT2D eigenvalue weighted by Gasteiger charge is -2.05. The van der Waals surface area contributed by atoms with Crippen LogP contribution in [-0.2, 0) is 19.2 Å². The molecular weight excluding hydrogens is 346 g/mol. The van der Waals surface area contributed by atoms with E-state index in [0.29, 0.717) is 5.57 Å². The lowest BCUT2D eigenvalue weighted by molar-refractivity contribution is -0.111. The second-order valence-corrected chi connectivity index (χ2v) is 6.47. The number of nitrogens with zero attached hydrogens (tertiary/aromatic N) is 1. The number of carbonyl (C=O) groups excluding carboxylic acids is 1. The Labute approximate surface area is 124 Å². The SMILES string of the molecule is CC1=C/C(=N/OS(=O)(=O)c2ccc(Br)cc2)C=CC1=O. The Morgan fingerprint density at radius 1 is 1.15 bits per heavy atom. The Bertz CT molecular complexity index is 730. The van der Waals surface area contributed by atoms with E-state index in [1.807, 2.05) is 0 Å². The molecule has 0 unspecified atom stereocenters. The lowest BCUT2D eigenvalue weighted by Crippen LogP contribution is -2.08. The van der Waals surface area contributed by atoms with Crippen LogP contribution in [0.5, 0.6) is 0 Å². The number of halogens is 1. The van der Waals surface area contributed by atoms with Crippen LogP contribution in [0.15, 0.2) is 62.6 Å². The van der Waals surface area contributed by atoms with Gasteiger partial charge in [0.25, 0.3) is 0 Å². The number of hydrogen-bond donors (Lipinski definition) is 0. The number of ketones is 1. The summed E-state index contributed by atoms with van der Waals surface area (Å²) in [6.07, 6.45) is 4.16. The van der Waals surface area contributed by atoms with Gasteiger partial charge in [-0.1, -0.05) is 21.1 Å². The molecule has 0 spiro atoms. The quantitative estimate of drug-likeness (QED) is 0.617. The Morgan fingerprint density at radius 3 is 2.40 bits per heavy atom. The molecule has 2 rings (SSSR count). The summed E-state index contributed by atoms with van der Waals surface area (Å²) >= 11 is 3.21. The minimum Gasteiger partial charge on any atom is -0.290 e. The first-order valence-electron chi connectivity index (χ1n) is 5.56. The van der Waals surface area contributed by atoms with Crippen molar-refractivity contribution in [1.82, 2.24) is 0 Å². The molecule has 5 nitrogen and oxygen atoms in total. The maximum Gasteiger partial charge on any atom is 0.358 e. The van der Waals surface area contributed by atoms with Gasteiger partial charge in [-0.3, -0.25) is 9.08 Å². The maximum atomic E-state index is 11.9. The Kier molecular flexibility index (Phi) is 4.20. The Balaban J connectivity index is 2.20. The van der Waals surface area contributed by atoms with Gasteiger partial charge in [-0.2, -0.15) is 8.42 Å². The summed E-state index contributed by atoms with van der Waals surface area (Å²) in [6.45, 7) is 1.62. The number of carbonyl (C=O) groups is 1. The molecule has 1 aliphatic rings. The van der Waals surface area contributed by atoms with Crippen molar-refractivity contribution in [2.24, 2.45) is 5.16 Å². The molecule has 0 fully saturated rings. The van der Waals surface area contributed by atoms with Crippen LogP contribution >= 0.6 is 15.9 Å². The summed E-state index contributed by atoms with van der Waals surface area (Å²) in [5.74, 6) is -0.139. The second kappa shape index (κ2) is 5.72. The fourth-order valence-electron chi connectivity index (χ4n) is 1.43. The van der Waals surface area contributed by atoms with E-state index in [-0.39, 0.29) is 16.4 Å². The van der Waals surface area contributed by atoms with Crippen molar-refractivity contribution >= 4 is 37.5 Å². The number of oxime groups is 1. The number of benzene rings is 1. The molecule has 0 bridgehead atoms. The summed E-state index contributed by atoms with van der Waals surface area (Å²) in [5, 5.41) is 3.54. The molecule has 0 atom stereocenters. The van der Waals surface area contributed by atoms with Crippen molar-refractivity contribution < 1.29 is 17.5 Å². The largest absolute Gasteiger partial charge is 0.358 e. The predicted octanol–water partition coefficient (Wildman–Crippen LogP) is 2.60. The van der Waals surface area contributed by atoms with Crippen LogP contribution in [0.3, 0.4) is 0 Å². The minimum absolute atomic E-state index is 0.00150. The maximum absolute atomic E-state index is 11.9. The smallest absolute Gasteiger partial charge is 0.290 e. The van der Waals surface area contributed by atoms with E-state index in [9.17, 15) is 13.2 Å². The summed E-state index contributed by atoms with van der Waals surface area (Å²) < 4.78 is 29.1. The summed E-state index contributed by atoms with van der Waals surface area (Å²) in [4.78, 5) is 11.2. The molecule has 7 heteroatoms. The van der Waals surface area contributed by atoms with Crippen molar-refractivity contribution in [2.45, 2.75) is 11.8 Å². The topological polar surface area (TPSA) is 72.8 Å². The molecule has 0 aliphatic heterocycles. The average Bonchev–Trinajstić information content (AvgIpc) is 2.41. The fraction of sp³-hybridized carbons (Fsp3) is 0.0769. The molecule has 1 aromatic rings. The first-order chi connectivity index (χ1) is 9.38. The van der Waals surface area contributed by atoms with Gasteiger partial charge in [0.15, 0.2) is 5.78 Å². The molecule has 0 radical (unpaired) electrons. The average molecular weight is 356 g/mol. The van der Waals surface area contributed by atoms with E-state index in [2.05, 4.69) is 25.4 Å². The van der Waals surface area contributed by atoms with Gasteiger partial charge in [0.05, 0.1) is 0 Å². The summed E-state index contributed by atoms with van der Waals surface area (Å²) in [7, 11) is -3.96. The van der Waals surface area contributed by atoms with Crippen molar-refractivity contribution in [2.75, 3.05) is 0 Å². The number of allylic oxidation sites excluding steroid dienone is 4. The van der Waals surface area contributed by atoms with Gasteiger partial charge in [0, 0.05) is 4.47 Å². The lowest BCUT2D eigenvalue weighted by atomic mass is 10.1. The van der Waals surface area contributed by atoms with Gasteiger partial charge in [0.1, 0.15) is 10.6 Å². The first kappa shape index (κ1) is 14.7. The molecule has 0 N–H and O–H groups in total. The molecule has 0 saturated carbocycles. The molecule has 0 saturated heterocycles. The molecule has 0 aromatic heterocycles. The zero-order valence-corrected chi connectivity index (χ0v) is 12.8. The van der Waals surface area contributed by atoms with E-state index in [0.717, 1.165) is 4.47 Å². The van der Waals surface area contributed by atoms with Crippen LogP contribution in [0.4, 0.5) is 0 Å². The van der Waals surface area contributed by atoms with Crippen LogP contribution in [0.25, 0.3) is 0 Å². The summed E-state index contributed by atoms with van der Waals surface area (Å²) in [6, 6.07) is 5.99. The van der Waals surface area contributed by atoms with Gasteiger partial charge < -0.3 is 0 Å². The van der Waals surface area contributed by atoms with E-state index in [4.69, 9.17) is 0 Å². The Morgan fingerprint density at radius 2 is 1.80 bits per heavy atom. The van der Waals surface area contributed by atoms with Gasteiger partial charge in [-0.25, -0.2) is 0 Å². The molecule has 1 aliphatic carbocycles.